The molecule has 0 amide bonds. The quantitative estimate of drug-likeness (QED) is 0.535. The summed E-state index contributed by atoms with van der Waals surface area (Å²) in [5, 5.41) is 0. The van der Waals surface area contributed by atoms with Gasteiger partial charge >= 0.3 is 0 Å². The van der Waals surface area contributed by atoms with Gasteiger partial charge in [0.05, 0.1) is 13.2 Å². The molecule has 2 aromatic carbocycles. The van der Waals surface area contributed by atoms with Gasteiger partial charge in [-0.3, -0.25) is 9.80 Å². The molecule has 0 N–H and O–H groups in total. The highest BCUT2D eigenvalue weighted by Gasteiger charge is 2.14. The molecule has 0 spiro atoms. The molecule has 1 fully saturated rings. The van der Waals surface area contributed by atoms with Gasteiger partial charge in [0.15, 0.2) is 0 Å². The van der Waals surface area contributed by atoms with Gasteiger partial charge in [-0.15, -0.1) is 0 Å². The molecule has 158 valence electrons. The Hall–Kier alpha value is -2.40. The normalized spacial score (nSPS) is 15.0. The SMILES string of the molecule is Cc1cccc(Cn2cccc2CN(CCN2CCOCC2)Cc2ccccc2)c1. The molecule has 0 aliphatic carbocycles. The Labute approximate surface area is 180 Å². The number of ether oxygens (including phenoxy) is 1. The van der Waals surface area contributed by atoms with Gasteiger partial charge in [-0.1, -0.05) is 60.2 Å². The summed E-state index contributed by atoms with van der Waals surface area (Å²) in [7, 11) is 0. The Morgan fingerprint density at radius 2 is 1.67 bits per heavy atom. The van der Waals surface area contributed by atoms with E-state index in [2.05, 4.69) is 94.2 Å². The van der Waals surface area contributed by atoms with Crippen molar-refractivity contribution in [2.45, 2.75) is 26.6 Å². The summed E-state index contributed by atoms with van der Waals surface area (Å²) in [6.45, 7) is 11.0. The van der Waals surface area contributed by atoms with Crippen molar-refractivity contribution in [2.24, 2.45) is 0 Å². The van der Waals surface area contributed by atoms with Gasteiger partial charge in [-0.25, -0.2) is 0 Å². The molecule has 0 radical (unpaired) electrons. The molecule has 2 heterocycles. The van der Waals surface area contributed by atoms with Gasteiger partial charge in [-0.2, -0.15) is 0 Å². The second-order valence-corrected chi connectivity index (χ2v) is 8.27. The highest BCUT2D eigenvalue weighted by molar-refractivity contribution is 5.23. The predicted octanol–water partition coefficient (Wildman–Crippen LogP) is 4.18. The fourth-order valence-electron chi connectivity index (χ4n) is 4.15. The maximum atomic E-state index is 5.51. The van der Waals surface area contributed by atoms with Crippen molar-refractivity contribution in [1.29, 1.82) is 0 Å². The first-order valence-corrected chi connectivity index (χ1v) is 11.0. The molecule has 4 rings (SSSR count). The molecule has 0 bridgehead atoms. The second kappa shape index (κ2) is 10.6. The lowest BCUT2D eigenvalue weighted by molar-refractivity contribution is 0.0324. The van der Waals surface area contributed by atoms with Crippen LogP contribution in [0.25, 0.3) is 0 Å². The maximum Gasteiger partial charge on any atom is 0.0594 e. The Morgan fingerprint density at radius 1 is 0.867 bits per heavy atom. The molecular formula is C26H33N3O. The summed E-state index contributed by atoms with van der Waals surface area (Å²) in [6.07, 6.45) is 2.21. The Bertz CT molecular complexity index is 899. The number of aryl methyl sites for hydroxylation is 1. The van der Waals surface area contributed by atoms with E-state index in [1.165, 1.54) is 22.4 Å². The average molecular weight is 404 g/mol. The van der Waals surface area contributed by atoms with Gasteiger partial charge in [0.1, 0.15) is 0 Å². The first-order valence-electron chi connectivity index (χ1n) is 11.0. The van der Waals surface area contributed by atoms with Crippen LogP contribution in [0.15, 0.2) is 72.9 Å². The van der Waals surface area contributed by atoms with Crippen LogP contribution in [0.5, 0.6) is 0 Å². The van der Waals surface area contributed by atoms with Gasteiger partial charge in [-0.05, 0) is 30.2 Å². The third-order valence-electron chi connectivity index (χ3n) is 5.83. The molecule has 0 atom stereocenters. The Balaban J connectivity index is 1.44. The summed E-state index contributed by atoms with van der Waals surface area (Å²) in [4.78, 5) is 5.10. The monoisotopic (exact) mass is 403 g/mol. The molecule has 0 saturated carbocycles. The molecule has 1 aromatic heterocycles. The molecule has 1 aliphatic heterocycles. The van der Waals surface area contributed by atoms with Crippen molar-refractivity contribution in [2.75, 3.05) is 39.4 Å². The fourth-order valence-corrected chi connectivity index (χ4v) is 4.15. The van der Waals surface area contributed by atoms with Gasteiger partial charge in [0.25, 0.3) is 0 Å². The minimum atomic E-state index is 0.859. The molecule has 0 unspecified atom stereocenters. The van der Waals surface area contributed by atoms with Crippen molar-refractivity contribution in [3.63, 3.8) is 0 Å². The smallest absolute Gasteiger partial charge is 0.0594 e. The van der Waals surface area contributed by atoms with Crippen LogP contribution in [0.3, 0.4) is 0 Å². The predicted molar refractivity (Wildman–Crippen MR) is 123 cm³/mol. The van der Waals surface area contributed by atoms with Crippen LogP contribution in [0.4, 0.5) is 0 Å². The van der Waals surface area contributed by atoms with Crippen LogP contribution in [0.2, 0.25) is 0 Å². The zero-order valence-electron chi connectivity index (χ0n) is 18.0. The van der Waals surface area contributed by atoms with Gasteiger partial charge in [0.2, 0.25) is 0 Å². The van der Waals surface area contributed by atoms with Crippen molar-refractivity contribution in [1.82, 2.24) is 14.4 Å². The van der Waals surface area contributed by atoms with Crippen molar-refractivity contribution < 1.29 is 4.74 Å². The van der Waals surface area contributed by atoms with Crippen LogP contribution in [-0.4, -0.2) is 53.8 Å². The first-order chi connectivity index (χ1) is 14.8. The highest BCUT2D eigenvalue weighted by Crippen LogP contribution is 2.14. The second-order valence-electron chi connectivity index (χ2n) is 8.27. The lowest BCUT2D eigenvalue weighted by Gasteiger charge is -2.30. The largest absolute Gasteiger partial charge is 0.379 e. The number of hydrogen-bond acceptors (Lipinski definition) is 3. The van der Waals surface area contributed by atoms with Crippen molar-refractivity contribution >= 4 is 0 Å². The molecule has 3 aromatic rings. The summed E-state index contributed by atoms with van der Waals surface area (Å²) in [6, 6.07) is 24.1. The third kappa shape index (κ3) is 6.05. The van der Waals surface area contributed by atoms with Gasteiger partial charge < -0.3 is 9.30 Å². The van der Waals surface area contributed by atoms with Crippen LogP contribution in [-0.2, 0) is 24.4 Å². The van der Waals surface area contributed by atoms with Crippen molar-refractivity contribution in [3.8, 4) is 0 Å². The van der Waals surface area contributed by atoms with Crippen LogP contribution in [0, 0.1) is 6.92 Å². The van der Waals surface area contributed by atoms with E-state index in [-0.39, 0.29) is 0 Å². The number of rotatable bonds is 9. The number of morpholine rings is 1. The van der Waals surface area contributed by atoms with E-state index in [4.69, 9.17) is 4.74 Å². The maximum absolute atomic E-state index is 5.51. The fraction of sp³-hybridized carbons (Fsp3) is 0.385. The summed E-state index contributed by atoms with van der Waals surface area (Å²) in [5.41, 5.74) is 5.42. The molecule has 4 heteroatoms. The first kappa shape index (κ1) is 20.9. The zero-order chi connectivity index (χ0) is 20.6. The van der Waals surface area contributed by atoms with Crippen LogP contribution in [0.1, 0.15) is 22.4 Å². The van der Waals surface area contributed by atoms with Crippen LogP contribution < -0.4 is 0 Å². The summed E-state index contributed by atoms with van der Waals surface area (Å²) < 4.78 is 7.90. The van der Waals surface area contributed by atoms with E-state index in [1.807, 2.05) is 0 Å². The number of aromatic nitrogens is 1. The number of benzene rings is 2. The Morgan fingerprint density at radius 3 is 2.47 bits per heavy atom. The molecular weight excluding hydrogens is 370 g/mol. The van der Waals surface area contributed by atoms with E-state index in [0.29, 0.717) is 0 Å². The van der Waals surface area contributed by atoms with Crippen LogP contribution >= 0.6 is 0 Å². The van der Waals surface area contributed by atoms with E-state index in [1.54, 1.807) is 0 Å². The standard InChI is InChI=1S/C26H33N3O/c1-23-7-5-10-25(19-23)21-29-12-6-11-26(29)22-28(20-24-8-3-2-4-9-24)14-13-27-15-17-30-18-16-27/h2-12,19H,13-18,20-22H2,1H3. The average Bonchev–Trinajstić information content (AvgIpc) is 3.20. The minimum Gasteiger partial charge on any atom is -0.379 e. The molecule has 30 heavy (non-hydrogen) atoms. The molecule has 1 saturated heterocycles. The highest BCUT2D eigenvalue weighted by atomic mass is 16.5. The third-order valence-corrected chi connectivity index (χ3v) is 5.83. The Kier molecular flexibility index (Phi) is 7.35. The topological polar surface area (TPSA) is 20.6 Å². The summed E-state index contributed by atoms with van der Waals surface area (Å²) >= 11 is 0. The van der Waals surface area contributed by atoms with E-state index >= 15 is 0 Å². The number of hydrogen-bond donors (Lipinski definition) is 0. The van der Waals surface area contributed by atoms with E-state index < -0.39 is 0 Å². The molecule has 4 nitrogen and oxygen atoms in total. The molecule has 1 aliphatic rings. The lowest BCUT2D eigenvalue weighted by Crippen LogP contribution is -2.41. The van der Waals surface area contributed by atoms with Gasteiger partial charge in [0, 0.05) is 57.7 Å². The summed E-state index contributed by atoms with van der Waals surface area (Å²) in [5.74, 6) is 0. The lowest BCUT2D eigenvalue weighted by atomic mass is 10.1. The van der Waals surface area contributed by atoms with Crippen molar-refractivity contribution in [3.05, 3.63) is 95.3 Å². The number of nitrogens with zero attached hydrogens (tertiary/aromatic N) is 3. The minimum absolute atomic E-state index is 0.859. The van der Waals surface area contributed by atoms with E-state index in [0.717, 1.165) is 59.0 Å². The zero-order valence-corrected chi connectivity index (χ0v) is 18.0. The van der Waals surface area contributed by atoms with E-state index in [9.17, 15) is 0 Å².